The van der Waals surface area contributed by atoms with E-state index < -0.39 is 0 Å². The quantitative estimate of drug-likeness (QED) is 0.514. The van der Waals surface area contributed by atoms with Crippen LogP contribution in [0.2, 0.25) is 5.02 Å². The third kappa shape index (κ3) is 5.89. The van der Waals surface area contributed by atoms with Crippen molar-refractivity contribution in [3.05, 3.63) is 64.7 Å². The van der Waals surface area contributed by atoms with E-state index >= 15 is 0 Å². The third-order valence-electron chi connectivity index (χ3n) is 4.64. The number of piperazine rings is 1. The Morgan fingerprint density at radius 3 is 2.50 bits per heavy atom. The number of aliphatic imine (C=N–C) groups is 1. The van der Waals surface area contributed by atoms with Crippen LogP contribution in [0.5, 0.6) is 0 Å². The van der Waals surface area contributed by atoms with E-state index in [2.05, 4.69) is 50.1 Å². The van der Waals surface area contributed by atoms with Crippen LogP contribution >= 0.6 is 11.6 Å². The molecular formula is C21H26ClN5O. The lowest BCUT2D eigenvalue weighted by Gasteiger charge is -2.28. The molecule has 3 rings (SSSR count). The fraction of sp³-hybridized carbons (Fsp3) is 0.333. The molecule has 28 heavy (non-hydrogen) atoms. The molecule has 0 aliphatic carbocycles. The van der Waals surface area contributed by atoms with Crippen LogP contribution in [0, 0.1) is 0 Å². The summed E-state index contributed by atoms with van der Waals surface area (Å²) in [5, 5.41) is 10.2. The van der Waals surface area contributed by atoms with Crippen molar-refractivity contribution in [1.29, 1.82) is 0 Å². The number of nitrogens with zero attached hydrogens (tertiary/aromatic N) is 2. The zero-order chi connectivity index (χ0) is 19.8. The highest BCUT2D eigenvalue weighted by Gasteiger charge is 2.16. The second-order valence-corrected chi connectivity index (χ2v) is 7.10. The lowest BCUT2D eigenvalue weighted by atomic mass is 10.1. The second kappa shape index (κ2) is 9.99. The molecule has 6 nitrogen and oxygen atoms in total. The summed E-state index contributed by atoms with van der Waals surface area (Å²) in [6, 6.07) is 16.2. The molecule has 0 saturated carbocycles. The molecule has 0 unspecified atom stereocenters. The summed E-state index contributed by atoms with van der Waals surface area (Å²) in [6.45, 7) is 3.42. The van der Waals surface area contributed by atoms with E-state index in [-0.39, 0.29) is 5.91 Å². The molecule has 0 atom stereocenters. The van der Waals surface area contributed by atoms with Gasteiger partial charge in [-0.2, -0.15) is 0 Å². The van der Waals surface area contributed by atoms with E-state index in [1.165, 1.54) is 5.56 Å². The topological polar surface area (TPSA) is 68.8 Å². The monoisotopic (exact) mass is 399 g/mol. The largest absolute Gasteiger partial charge is 0.360 e. The summed E-state index contributed by atoms with van der Waals surface area (Å²) < 4.78 is 0. The van der Waals surface area contributed by atoms with Crippen molar-refractivity contribution in [3.63, 3.8) is 0 Å². The van der Waals surface area contributed by atoms with E-state index in [0.29, 0.717) is 19.6 Å². The number of amides is 1. The SMILES string of the molecule is CN=C(NCCc1ccc(Cl)cc1)NCc1ccc(N2CCNC(=O)C2)cc1. The first-order valence-electron chi connectivity index (χ1n) is 9.43. The predicted molar refractivity (Wildman–Crippen MR) is 115 cm³/mol. The van der Waals surface area contributed by atoms with Gasteiger partial charge < -0.3 is 20.9 Å². The first-order valence-corrected chi connectivity index (χ1v) is 9.81. The maximum absolute atomic E-state index is 11.5. The van der Waals surface area contributed by atoms with Crippen molar-refractivity contribution in [2.45, 2.75) is 13.0 Å². The smallest absolute Gasteiger partial charge is 0.239 e. The van der Waals surface area contributed by atoms with Crippen molar-refractivity contribution >= 4 is 29.2 Å². The minimum Gasteiger partial charge on any atom is -0.360 e. The zero-order valence-corrected chi connectivity index (χ0v) is 16.8. The van der Waals surface area contributed by atoms with Gasteiger partial charge in [0.15, 0.2) is 5.96 Å². The number of rotatable bonds is 6. The van der Waals surface area contributed by atoms with Crippen LogP contribution in [0.1, 0.15) is 11.1 Å². The molecule has 0 spiro atoms. The Balaban J connectivity index is 1.44. The zero-order valence-electron chi connectivity index (χ0n) is 16.0. The maximum Gasteiger partial charge on any atom is 0.239 e. The summed E-state index contributed by atoms with van der Waals surface area (Å²) in [6.07, 6.45) is 0.899. The first kappa shape index (κ1) is 20.0. The molecule has 1 aliphatic rings. The Morgan fingerprint density at radius 1 is 1.11 bits per heavy atom. The average Bonchev–Trinajstić information content (AvgIpc) is 2.72. The minimum atomic E-state index is 0.0745. The van der Waals surface area contributed by atoms with Gasteiger partial charge in [0.1, 0.15) is 0 Å². The lowest BCUT2D eigenvalue weighted by molar-refractivity contribution is -0.120. The van der Waals surface area contributed by atoms with Gasteiger partial charge in [0.2, 0.25) is 5.91 Å². The summed E-state index contributed by atoms with van der Waals surface area (Å²) in [4.78, 5) is 17.9. The number of benzene rings is 2. The number of hydrogen-bond acceptors (Lipinski definition) is 3. The Kier molecular flexibility index (Phi) is 7.14. The summed E-state index contributed by atoms with van der Waals surface area (Å²) >= 11 is 5.91. The molecule has 0 aromatic heterocycles. The van der Waals surface area contributed by atoms with Gasteiger partial charge in [0.05, 0.1) is 6.54 Å². The number of hydrogen-bond donors (Lipinski definition) is 3. The van der Waals surface area contributed by atoms with Crippen LogP contribution in [0.3, 0.4) is 0 Å². The number of guanidine groups is 1. The second-order valence-electron chi connectivity index (χ2n) is 6.67. The number of halogens is 1. The van der Waals surface area contributed by atoms with Gasteiger partial charge in [0, 0.05) is 43.9 Å². The van der Waals surface area contributed by atoms with Crippen molar-refractivity contribution in [3.8, 4) is 0 Å². The number of carbonyl (C=O) groups is 1. The summed E-state index contributed by atoms with van der Waals surface area (Å²) in [5.41, 5.74) is 3.46. The van der Waals surface area contributed by atoms with Gasteiger partial charge in [-0.05, 0) is 41.8 Å². The predicted octanol–water partition coefficient (Wildman–Crippen LogP) is 2.18. The standard InChI is InChI=1S/C21H26ClN5O/c1-23-21(25-11-10-16-2-6-18(22)7-3-16)26-14-17-4-8-19(9-5-17)27-13-12-24-20(28)15-27/h2-9H,10-15H2,1H3,(H,24,28)(H2,23,25,26). The first-order chi connectivity index (χ1) is 13.6. The van der Waals surface area contributed by atoms with Gasteiger partial charge in [-0.3, -0.25) is 9.79 Å². The van der Waals surface area contributed by atoms with Crippen LogP contribution in [-0.4, -0.2) is 45.1 Å². The Bertz CT molecular complexity index is 805. The van der Waals surface area contributed by atoms with Crippen molar-refractivity contribution < 1.29 is 4.79 Å². The fourth-order valence-electron chi connectivity index (χ4n) is 3.07. The Labute approximate surface area is 171 Å². The molecule has 1 aliphatic heterocycles. The average molecular weight is 400 g/mol. The maximum atomic E-state index is 11.5. The van der Waals surface area contributed by atoms with Gasteiger partial charge in [-0.25, -0.2) is 0 Å². The third-order valence-corrected chi connectivity index (χ3v) is 4.89. The van der Waals surface area contributed by atoms with Gasteiger partial charge in [-0.15, -0.1) is 0 Å². The highest BCUT2D eigenvalue weighted by molar-refractivity contribution is 6.30. The summed E-state index contributed by atoms with van der Waals surface area (Å²) in [7, 11) is 1.77. The number of nitrogens with one attached hydrogen (secondary N) is 3. The Hall–Kier alpha value is -2.73. The molecule has 0 radical (unpaired) electrons. The highest BCUT2D eigenvalue weighted by Crippen LogP contribution is 2.16. The van der Waals surface area contributed by atoms with Gasteiger partial charge in [0.25, 0.3) is 0 Å². The number of carbonyl (C=O) groups excluding carboxylic acids is 1. The van der Waals surface area contributed by atoms with Gasteiger partial charge >= 0.3 is 0 Å². The molecule has 7 heteroatoms. The van der Waals surface area contributed by atoms with E-state index in [1.54, 1.807) is 7.05 Å². The summed E-state index contributed by atoms with van der Waals surface area (Å²) in [5.74, 6) is 0.844. The van der Waals surface area contributed by atoms with Crippen LogP contribution in [0.4, 0.5) is 5.69 Å². The molecular weight excluding hydrogens is 374 g/mol. The van der Waals surface area contributed by atoms with Crippen molar-refractivity contribution in [1.82, 2.24) is 16.0 Å². The van der Waals surface area contributed by atoms with E-state index in [0.717, 1.165) is 41.7 Å². The Morgan fingerprint density at radius 2 is 1.82 bits per heavy atom. The van der Waals surface area contributed by atoms with E-state index in [9.17, 15) is 4.79 Å². The van der Waals surface area contributed by atoms with E-state index in [1.807, 2.05) is 24.3 Å². The number of anilines is 1. The normalized spacial score (nSPS) is 14.6. The molecule has 1 saturated heterocycles. The van der Waals surface area contributed by atoms with Crippen LogP contribution < -0.4 is 20.9 Å². The fourth-order valence-corrected chi connectivity index (χ4v) is 3.19. The van der Waals surface area contributed by atoms with Crippen molar-refractivity contribution in [2.75, 3.05) is 38.1 Å². The molecule has 1 amide bonds. The lowest BCUT2D eigenvalue weighted by Crippen LogP contribution is -2.47. The van der Waals surface area contributed by atoms with Crippen LogP contribution in [0.25, 0.3) is 0 Å². The van der Waals surface area contributed by atoms with Crippen LogP contribution in [0.15, 0.2) is 53.5 Å². The van der Waals surface area contributed by atoms with Gasteiger partial charge in [-0.1, -0.05) is 35.9 Å². The molecule has 148 valence electrons. The molecule has 1 heterocycles. The van der Waals surface area contributed by atoms with Crippen LogP contribution in [-0.2, 0) is 17.8 Å². The van der Waals surface area contributed by atoms with E-state index in [4.69, 9.17) is 11.6 Å². The van der Waals surface area contributed by atoms with Crippen molar-refractivity contribution in [2.24, 2.45) is 4.99 Å². The molecule has 1 fully saturated rings. The molecule has 0 bridgehead atoms. The molecule has 3 N–H and O–H groups in total. The molecule has 2 aromatic carbocycles. The minimum absolute atomic E-state index is 0.0745. The highest BCUT2D eigenvalue weighted by atomic mass is 35.5. The molecule has 2 aromatic rings.